The maximum atomic E-state index is 9.21. The van der Waals surface area contributed by atoms with E-state index in [4.69, 9.17) is 0 Å². The molecule has 0 unspecified atom stereocenters. The van der Waals surface area contributed by atoms with Gasteiger partial charge in [0.1, 0.15) is 0 Å². The second-order valence-electron chi connectivity index (χ2n) is 1.47. The van der Waals surface area contributed by atoms with Crippen molar-refractivity contribution in [1.29, 1.82) is 0 Å². The summed E-state index contributed by atoms with van der Waals surface area (Å²) < 4.78 is 0. The molecule has 0 saturated heterocycles. The Morgan fingerprint density at radius 3 is 1.50 bits per heavy atom. The molecular formula is C6H13ClO. The Balaban J connectivity index is 0. The Bertz CT molecular complexity index is 46.5. The molecule has 0 aromatic heterocycles. The predicted molar refractivity (Wildman–Crippen MR) is 37.1 cm³/mol. The predicted octanol–water partition coefficient (Wildman–Crippen LogP) is 2.58. The summed E-state index contributed by atoms with van der Waals surface area (Å²) in [6.07, 6.45) is 2.64. The van der Waals surface area contributed by atoms with E-state index < -0.39 is 0 Å². The van der Waals surface area contributed by atoms with Crippen molar-refractivity contribution in [3.63, 3.8) is 0 Å². The van der Waals surface area contributed by atoms with Crippen molar-refractivity contribution in [3.05, 3.63) is 0 Å². The second kappa shape index (κ2) is 10.0. The molecule has 0 N–H and O–H groups in total. The monoisotopic (exact) mass is 136 g/mol. The molecule has 0 rings (SSSR count). The molecule has 0 aliphatic rings. The number of hydrogen-bond acceptors (Lipinski definition) is 1. The minimum absolute atomic E-state index is 0.361. The molecule has 0 saturated carbocycles. The van der Waals surface area contributed by atoms with Gasteiger partial charge in [0.25, 0.3) is 0 Å². The Labute approximate surface area is 56.0 Å². The van der Waals surface area contributed by atoms with E-state index in [9.17, 15) is 4.79 Å². The number of carbonyl (C=O) groups is 1. The normalized spacial score (nSPS) is 7.00. The number of hydrogen-bond donors (Lipinski definition) is 0. The van der Waals surface area contributed by atoms with Crippen molar-refractivity contribution in [2.45, 2.75) is 33.6 Å². The quantitative estimate of drug-likeness (QED) is 0.507. The molecule has 1 nitrogen and oxygen atoms in total. The average molecular weight is 137 g/mol. The summed E-state index contributed by atoms with van der Waals surface area (Å²) in [7, 11) is 0. The van der Waals surface area contributed by atoms with Crippen LogP contribution in [0.25, 0.3) is 0 Å². The number of carbonyl (C=O) groups excluding carboxylic acids is 1. The zero-order valence-electron chi connectivity index (χ0n) is 5.70. The molecule has 0 amide bonds. The summed E-state index contributed by atoms with van der Waals surface area (Å²) in [5, 5.41) is -0.361. The van der Waals surface area contributed by atoms with Crippen molar-refractivity contribution in [2.24, 2.45) is 0 Å². The van der Waals surface area contributed by atoms with Crippen molar-refractivity contribution in [2.75, 3.05) is 0 Å². The lowest BCUT2D eigenvalue weighted by molar-refractivity contribution is -0.109. The molecule has 0 bridgehead atoms. The van der Waals surface area contributed by atoms with E-state index in [0.29, 0.717) is 0 Å². The van der Waals surface area contributed by atoms with Gasteiger partial charge in [-0.3, -0.25) is 4.79 Å². The lowest BCUT2D eigenvalue weighted by Crippen LogP contribution is -1.62. The fraction of sp³-hybridized carbons (Fsp3) is 0.833. The summed E-state index contributed by atoms with van der Waals surface area (Å²) in [6, 6.07) is 0. The molecule has 0 heterocycles. The highest BCUT2D eigenvalue weighted by Crippen LogP contribution is 1.76. The van der Waals surface area contributed by atoms with Crippen molar-refractivity contribution < 1.29 is 4.79 Å². The van der Waals surface area contributed by atoms with Crippen LogP contribution in [0.15, 0.2) is 0 Å². The first kappa shape index (κ1) is 10.9. The molecule has 0 aliphatic heterocycles. The molecule has 0 spiro atoms. The van der Waals surface area contributed by atoms with Gasteiger partial charge < -0.3 is 0 Å². The van der Waals surface area contributed by atoms with Gasteiger partial charge in [0, 0.05) is 6.92 Å². The van der Waals surface area contributed by atoms with E-state index in [1.165, 1.54) is 19.8 Å². The van der Waals surface area contributed by atoms with E-state index in [0.717, 1.165) is 0 Å². The molecule has 8 heavy (non-hydrogen) atoms. The Morgan fingerprint density at radius 2 is 1.50 bits per heavy atom. The third-order valence-corrected chi connectivity index (χ3v) is 0.500. The highest BCUT2D eigenvalue weighted by molar-refractivity contribution is 6.62. The molecule has 0 radical (unpaired) electrons. The van der Waals surface area contributed by atoms with Gasteiger partial charge in [-0.1, -0.05) is 26.7 Å². The Kier molecular flexibility index (Phi) is 13.6. The van der Waals surface area contributed by atoms with Crippen LogP contribution in [0.2, 0.25) is 0 Å². The smallest absolute Gasteiger partial charge is 0.218 e. The van der Waals surface area contributed by atoms with Crippen LogP contribution >= 0.6 is 11.6 Å². The van der Waals surface area contributed by atoms with E-state index in [1.54, 1.807) is 0 Å². The lowest BCUT2D eigenvalue weighted by atomic mass is 10.4. The topological polar surface area (TPSA) is 17.1 Å². The first-order valence-corrected chi connectivity index (χ1v) is 3.19. The zero-order chi connectivity index (χ0) is 6.99. The molecule has 0 atom stereocenters. The largest absolute Gasteiger partial charge is 0.282 e. The molecule has 0 aliphatic carbocycles. The van der Waals surface area contributed by atoms with Gasteiger partial charge in [0.15, 0.2) is 0 Å². The van der Waals surface area contributed by atoms with Gasteiger partial charge in [0.2, 0.25) is 5.24 Å². The van der Waals surface area contributed by atoms with Crippen molar-refractivity contribution in [3.8, 4) is 0 Å². The first-order chi connectivity index (χ1) is 3.65. The van der Waals surface area contributed by atoms with Crippen LogP contribution in [0, 0.1) is 0 Å². The molecule has 0 aromatic carbocycles. The highest BCUT2D eigenvalue weighted by Gasteiger charge is 1.67. The minimum Gasteiger partial charge on any atom is -0.282 e. The average Bonchev–Trinajstić information content (AvgIpc) is 1.65. The number of halogens is 1. The summed E-state index contributed by atoms with van der Waals surface area (Å²) >= 11 is 4.64. The molecule has 50 valence electrons. The van der Waals surface area contributed by atoms with Gasteiger partial charge in [-0.25, -0.2) is 0 Å². The van der Waals surface area contributed by atoms with E-state index in [2.05, 4.69) is 25.4 Å². The van der Waals surface area contributed by atoms with Gasteiger partial charge >= 0.3 is 0 Å². The maximum Gasteiger partial charge on any atom is 0.218 e. The standard InChI is InChI=1S/C4H10.C2H3ClO/c1-3-4-2;1-2(3)4/h3-4H2,1-2H3;1H3. The van der Waals surface area contributed by atoms with E-state index in [-0.39, 0.29) is 5.24 Å². The van der Waals surface area contributed by atoms with Crippen LogP contribution in [-0.2, 0) is 4.79 Å². The molecule has 0 fully saturated rings. The summed E-state index contributed by atoms with van der Waals surface area (Å²) in [4.78, 5) is 9.21. The van der Waals surface area contributed by atoms with Crippen LogP contribution in [0.1, 0.15) is 33.6 Å². The fourth-order valence-corrected chi connectivity index (χ4v) is 0. The second-order valence-corrected chi connectivity index (χ2v) is 2.00. The number of unbranched alkanes of at least 4 members (excludes halogenated alkanes) is 1. The van der Waals surface area contributed by atoms with E-state index >= 15 is 0 Å². The zero-order valence-corrected chi connectivity index (χ0v) is 6.46. The first-order valence-electron chi connectivity index (χ1n) is 2.81. The van der Waals surface area contributed by atoms with Gasteiger partial charge in [-0.15, -0.1) is 0 Å². The summed E-state index contributed by atoms with van der Waals surface area (Å²) in [5.41, 5.74) is 0. The lowest BCUT2D eigenvalue weighted by Gasteiger charge is -1.68. The van der Waals surface area contributed by atoms with Crippen LogP contribution in [-0.4, -0.2) is 5.24 Å². The molecular weight excluding hydrogens is 124 g/mol. The van der Waals surface area contributed by atoms with Gasteiger partial charge in [0.05, 0.1) is 0 Å². The summed E-state index contributed by atoms with van der Waals surface area (Å²) in [5.74, 6) is 0. The Hall–Kier alpha value is -0.0400. The van der Waals surface area contributed by atoms with Crippen LogP contribution in [0.3, 0.4) is 0 Å². The van der Waals surface area contributed by atoms with Gasteiger partial charge in [-0.2, -0.15) is 0 Å². The van der Waals surface area contributed by atoms with Crippen LogP contribution in [0.5, 0.6) is 0 Å². The fourth-order valence-electron chi connectivity index (χ4n) is 0. The Morgan fingerprint density at radius 1 is 1.38 bits per heavy atom. The minimum atomic E-state index is -0.361. The van der Waals surface area contributed by atoms with Crippen molar-refractivity contribution in [1.82, 2.24) is 0 Å². The third kappa shape index (κ3) is 159. The highest BCUT2D eigenvalue weighted by atomic mass is 35.5. The van der Waals surface area contributed by atoms with Gasteiger partial charge in [-0.05, 0) is 11.6 Å². The molecule has 2 heteroatoms. The van der Waals surface area contributed by atoms with Crippen molar-refractivity contribution >= 4 is 16.8 Å². The van der Waals surface area contributed by atoms with E-state index in [1.807, 2.05) is 0 Å². The van der Waals surface area contributed by atoms with Crippen LogP contribution in [0.4, 0.5) is 0 Å². The molecule has 0 aromatic rings. The maximum absolute atomic E-state index is 9.21. The number of rotatable bonds is 1. The SMILES string of the molecule is CC(=O)Cl.CCCC. The third-order valence-electron chi connectivity index (χ3n) is 0.500. The van der Waals surface area contributed by atoms with Crippen LogP contribution < -0.4 is 0 Å². The summed E-state index contributed by atoms with van der Waals surface area (Å²) in [6.45, 7) is 5.65.